The minimum atomic E-state index is 0.605. The molecule has 0 N–H and O–H groups in total. The third-order valence-corrected chi connectivity index (χ3v) is 6.98. The lowest BCUT2D eigenvalue weighted by molar-refractivity contribution is 0.140. The normalized spacial score (nSPS) is 17.8. The maximum absolute atomic E-state index is 5.78. The number of nitrogens with zero attached hydrogens (tertiary/aromatic N) is 6. The highest BCUT2D eigenvalue weighted by molar-refractivity contribution is 5.64. The topological polar surface area (TPSA) is 70.2 Å². The smallest absolute Gasteiger partial charge is 0.212 e. The van der Waals surface area contributed by atoms with E-state index in [1.807, 2.05) is 24.5 Å². The molecule has 5 heterocycles. The Morgan fingerprint density at radius 2 is 1.94 bits per heavy atom. The zero-order valence-corrected chi connectivity index (χ0v) is 19.9. The molecule has 5 rings (SSSR count). The van der Waals surface area contributed by atoms with Gasteiger partial charge in [-0.3, -0.25) is 4.68 Å². The molecule has 3 aromatic heterocycles. The number of methoxy groups -OCH3 is 1. The molecular weight excluding hydrogens is 416 g/mol. The van der Waals surface area contributed by atoms with Crippen molar-refractivity contribution in [3.05, 3.63) is 42.0 Å². The lowest BCUT2D eigenvalue weighted by Gasteiger charge is -2.34. The highest BCUT2D eigenvalue weighted by Crippen LogP contribution is 2.30. The molecule has 2 aliphatic heterocycles. The van der Waals surface area contributed by atoms with Crippen LogP contribution in [0.15, 0.2) is 30.7 Å². The number of hydrogen-bond donors (Lipinski definition) is 0. The number of ether oxygens (including phenoxy) is 2. The first-order chi connectivity index (χ1) is 16.1. The standard InChI is InChI=1S/C25H34N6O2/c1-18(2)29-10-6-19(7-11-29)16-30-17-21(15-27-30)31-23-9-13-33-12-8-22(23)25(28-31)20-4-5-24(32-3)26-14-20/h4-5,14-15,17-19H,6-13,16H2,1-3H3. The Balaban J connectivity index is 1.39. The summed E-state index contributed by atoms with van der Waals surface area (Å²) in [5.41, 5.74) is 5.44. The van der Waals surface area contributed by atoms with Crippen molar-refractivity contribution in [1.82, 2.24) is 29.4 Å². The molecule has 0 atom stereocenters. The number of hydrogen-bond acceptors (Lipinski definition) is 6. The van der Waals surface area contributed by atoms with E-state index in [2.05, 4.69) is 39.3 Å². The maximum Gasteiger partial charge on any atom is 0.212 e. The van der Waals surface area contributed by atoms with E-state index < -0.39 is 0 Å². The molecule has 0 saturated carbocycles. The molecule has 0 radical (unpaired) electrons. The van der Waals surface area contributed by atoms with Gasteiger partial charge >= 0.3 is 0 Å². The van der Waals surface area contributed by atoms with E-state index in [0.29, 0.717) is 31.1 Å². The van der Waals surface area contributed by atoms with E-state index in [4.69, 9.17) is 19.7 Å². The summed E-state index contributed by atoms with van der Waals surface area (Å²) in [4.78, 5) is 6.96. The Hall–Kier alpha value is -2.71. The molecular formula is C25H34N6O2. The molecule has 3 aromatic rings. The number of pyridine rings is 1. The summed E-state index contributed by atoms with van der Waals surface area (Å²) in [5, 5.41) is 9.74. The first-order valence-corrected chi connectivity index (χ1v) is 12.1. The predicted octanol–water partition coefficient (Wildman–Crippen LogP) is 3.38. The van der Waals surface area contributed by atoms with E-state index >= 15 is 0 Å². The zero-order chi connectivity index (χ0) is 22.8. The van der Waals surface area contributed by atoms with Crippen molar-refractivity contribution in [2.24, 2.45) is 5.92 Å². The van der Waals surface area contributed by atoms with Gasteiger partial charge in [0.15, 0.2) is 0 Å². The van der Waals surface area contributed by atoms with Crippen LogP contribution in [0.2, 0.25) is 0 Å². The SMILES string of the molecule is COc1ccc(-c2nn(-c3cnn(CC4CCN(C(C)C)CC4)c3)c3c2CCOCC3)cn1. The lowest BCUT2D eigenvalue weighted by atomic mass is 9.96. The van der Waals surface area contributed by atoms with Gasteiger partial charge in [-0.1, -0.05) is 0 Å². The number of piperidine rings is 1. The Kier molecular flexibility index (Phi) is 6.46. The molecule has 176 valence electrons. The molecule has 0 aliphatic carbocycles. The Morgan fingerprint density at radius 1 is 1.12 bits per heavy atom. The van der Waals surface area contributed by atoms with Gasteiger partial charge in [0, 0.05) is 42.4 Å². The van der Waals surface area contributed by atoms with Crippen molar-refractivity contribution in [2.45, 2.75) is 52.1 Å². The van der Waals surface area contributed by atoms with Crippen LogP contribution in [0.5, 0.6) is 5.88 Å². The van der Waals surface area contributed by atoms with Gasteiger partial charge in [-0.2, -0.15) is 10.2 Å². The molecule has 33 heavy (non-hydrogen) atoms. The average Bonchev–Trinajstić information content (AvgIpc) is 3.36. The van der Waals surface area contributed by atoms with Crippen LogP contribution in [0.25, 0.3) is 16.9 Å². The molecule has 0 unspecified atom stereocenters. The minimum absolute atomic E-state index is 0.605. The summed E-state index contributed by atoms with van der Waals surface area (Å²) in [6.45, 7) is 9.33. The molecule has 1 saturated heterocycles. The van der Waals surface area contributed by atoms with Gasteiger partial charge in [0.05, 0.1) is 44.1 Å². The molecule has 0 amide bonds. The van der Waals surface area contributed by atoms with Crippen molar-refractivity contribution in [2.75, 3.05) is 33.4 Å². The average molecular weight is 451 g/mol. The summed E-state index contributed by atoms with van der Waals surface area (Å²) < 4.78 is 15.2. The van der Waals surface area contributed by atoms with Crippen LogP contribution in [0.3, 0.4) is 0 Å². The van der Waals surface area contributed by atoms with Crippen molar-refractivity contribution in [3.63, 3.8) is 0 Å². The second-order valence-electron chi connectivity index (χ2n) is 9.38. The van der Waals surface area contributed by atoms with E-state index in [0.717, 1.165) is 36.3 Å². The Morgan fingerprint density at radius 3 is 2.67 bits per heavy atom. The Labute approximate surface area is 195 Å². The molecule has 8 heteroatoms. The van der Waals surface area contributed by atoms with E-state index in [1.165, 1.54) is 37.2 Å². The predicted molar refractivity (Wildman–Crippen MR) is 127 cm³/mol. The fourth-order valence-corrected chi connectivity index (χ4v) is 5.01. The second kappa shape index (κ2) is 9.65. The molecule has 0 aromatic carbocycles. The quantitative estimate of drug-likeness (QED) is 0.574. The highest BCUT2D eigenvalue weighted by Gasteiger charge is 2.24. The van der Waals surface area contributed by atoms with Crippen LogP contribution in [0.1, 0.15) is 37.9 Å². The van der Waals surface area contributed by atoms with Crippen LogP contribution in [-0.4, -0.2) is 68.9 Å². The molecule has 1 fully saturated rings. The van der Waals surface area contributed by atoms with Gasteiger partial charge in [-0.05, 0) is 58.2 Å². The van der Waals surface area contributed by atoms with Gasteiger partial charge in [0.1, 0.15) is 5.69 Å². The van der Waals surface area contributed by atoms with Crippen molar-refractivity contribution in [3.8, 4) is 22.8 Å². The van der Waals surface area contributed by atoms with Crippen LogP contribution in [0.4, 0.5) is 0 Å². The van der Waals surface area contributed by atoms with Crippen LogP contribution in [-0.2, 0) is 24.1 Å². The fraction of sp³-hybridized carbons (Fsp3) is 0.560. The molecule has 0 spiro atoms. The zero-order valence-electron chi connectivity index (χ0n) is 19.9. The summed E-state index contributed by atoms with van der Waals surface area (Å²) in [7, 11) is 1.63. The van der Waals surface area contributed by atoms with E-state index in [9.17, 15) is 0 Å². The van der Waals surface area contributed by atoms with E-state index in [1.54, 1.807) is 7.11 Å². The lowest BCUT2D eigenvalue weighted by Crippen LogP contribution is -2.39. The van der Waals surface area contributed by atoms with Gasteiger partial charge in [0.25, 0.3) is 0 Å². The van der Waals surface area contributed by atoms with Crippen molar-refractivity contribution < 1.29 is 9.47 Å². The molecule has 8 nitrogen and oxygen atoms in total. The first-order valence-electron chi connectivity index (χ1n) is 12.1. The van der Waals surface area contributed by atoms with Crippen molar-refractivity contribution >= 4 is 0 Å². The largest absolute Gasteiger partial charge is 0.481 e. The maximum atomic E-state index is 5.78. The summed E-state index contributed by atoms with van der Waals surface area (Å²) in [5.74, 6) is 1.28. The first kappa shape index (κ1) is 22.1. The van der Waals surface area contributed by atoms with Gasteiger partial charge in [0.2, 0.25) is 5.88 Å². The van der Waals surface area contributed by atoms with E-state index in [-0.39, 0.29) is 0 Å². The monoisotopic (exact) mass is 450 g/mol. The number of likely N-dealkylation sites (tertiary alicyclic amines) is 1. The number of fused-ring (bicyclic) bond motifs is 1. The highest BCUT2D eigenvalue weighted by atomic mass is 16.5. The van der Waals surface area contributed by atoms with Gasteiger partial charge < -0.3 is 14.4 Å². The van der Waals surface area contributed by atoms with Gasteiger partial charge in [-0.15, -0.1) is 0 Å². The van der Waals surface area contributed by atoms with Crippen LogP contribution < -0.4 is 4.74 Å². The third kappa shape index (κ3) is 4.68. The van der Waals surface area contributed by atoms with Crippen LogP contribution >= 0.6 is 0 Å². The second-order valence-corrected chi connectivity index (χ2v) is 9.38. The van der Waals surface area contributed by atoms with Gasteiger partial charge in [-0.25, -0.2) is 9.67 Å². The molecule has 2 aliphatic rings. The number of aromatic nitrogens is 5. The molecule has 0 bridgehead atoms. The number of rotatable bonds is 6. The third-order valence-electron chi connectivity index (χ3n) is 6.98. The summed E-state index contributed by atoms with van der Waals surface area (Å²) in [6, 6.07) is 4.55. The Bertz CT molecular complexity index is 1060. The van der Waals surface area contributed by atoms with Crippen LogP contribution in [0, 0.1) is 5.92 Å². The minimum Gasteiger partial charge on any atom is -0.481 e. The summed E-state index contributed by atoms with van der Waals surface area (Å²) >= 11 is 0. The summed E-state index contributed by atoms with van der Waals surface area (Å²) in [6.07, 6.45) is 10.1. The fourth-order valence-electron chi connectivity index (χ4n) is 5.01. The van der Waals surface area contributed by atoms with Crippen molar-refractivity contribution in [1.29, 1.82) is 0 Å².